The molecular weight excluding hydrogens is 250 g/mol. The minimum absolute atomic E-state index is 0.213. The van der Waals surface area contributed by atoms with Gasteiger partial charge in [0.1, 0.15) is 0 Å². The van der Waals surface area contributed by atoms with E-state index in [1.165, 1.54) is 11.1 Å². The van der Waals surface area contributed by atoms with Crippen molar-refractivity contribution in [2.75, 3.05) is 20.1 Å². The topological polar surface area (TPSA) is 60.0 Å². The Morgan fingerprint density at radius 3 is 2.60 bits per heavy atom. The van der Waals surface area contributed by atoms with Crippen molar-refractivity contribution in [1.29, 1.82) is 0 Å². The lowest BCUT2D eigenvalue weighted by Gasteiger charge is -2.26. The van der Waals surface area contributed by atoms with E-state index >= 15 is 0 Å². The van der Waals surface area contributed by atoms with Crippen molar-refractivity contribution >= 4 is 0 Å². The molecule has 0 aliphatic heterocycles. The first-order valence-electron chi connectivity index (χ1n) is 6.91. The Bertz CT molecular complexity index is 534. The van der Waals surface area contributed by atoms with Crippen LogP contribution in [0, 0.1) is 6.92 Å². The number of aromatic nitrogens is 3. The van der Waals surface area contributed by atoms with Gasteiger partial charge in [0.05, 0.1) is 11.7 Å². The number of nitrogens with zero attached hydrogens (tertiary/aromatic N) is 4. The third kappa shape index (κ3) is 3.43. The van der Waals surface area contributed by atoms with Gasteiger partial charge in [-0.15, -0.1) is 0 Å². The summed E-state index contributed by atoms with van der Waals surface area (Å²) in [7, 11) is 4.06. The molecular formula is C15H23N5. The summed E-state index contributed by atoms with van der Waals surface area (Å²) in [5.74, 6) is 0. The van der Waals surface area contributed by atoms with Crippen LogP contribution in [-0.2, 0) is 13.5 Å². The van der Waals surface area contributed by atoms with Gasteiger partial charge < -0.3 is 5.73 Å². The van der Waals surface area contributed by atoms with Crippen LogP contribution in [0.2, 0.25) is 0 Å². The molecule has 2 N–H and O–H groups in total. The molecule has 0 radical (unpaired) electrons. The van der Waals surface area contributed by atoms with Crippen LogP contribution < -0.4 is 5.73 Å². The normalized spacial score (nSPS) is 12.8. The standard InChI is InChI=1S/C15H23N5/c1-12-14(11-20(3)18-12)15(10-16)19(2)9-6-13-4-7-17-8-5-13/h4-5,7-8,11,15H,6,9-10,16H2,1-3H3. The van der Waals surface area contributed by atoms with Gasteiger partial charge in [0.15, 0.2) is 0 Å². The van der Waals surface area contributed by atoms with E-state index in [0.717, 1.165) is 18.7 Å². The summed E-state index contributed by atoms with van der Waals surface area (Å²) in [4.78, 5) is 6.34. The summed E-state index contributed by atoms with van der Waals surface area (Å²) in [5.41, 5.74) is 9.53. The van der Waals surface area contributed by atoms with Crippen molar-refractivity contribution in [3.8, 4) is 0 Å². The highest BCUT2D eigenvalue weighted by molar-refractivity contribution is 5.20. The molecule has 20 heavy (non-hydrogen) atoms. The van der Waals surface area contributed by atoms with Crippen LogP contribution in [0.4, 0.5) is 0 Å². The van der Waals surface area contributed by atoms with Gasteiger partial charge in [-0.1, -0.05) is 0 Å². The van der Waals surface area contributed by atoms with Gasteiger partial charge in [0.2, 0.25) is 0 Å². The molecule has 0 aliphatic rings. The van der Waals surface area contributed by atoms with Gasteiger partial charge >= 0.3 is 0 Å². The minimum atomic E-state index is 0.213. The molecule has 0 bridgehead atoms. The Morgan fingerprint density at radius 1 is 1.35 bits per heavy atom. The third-order valence-electron chi connectivity index (χ3n) is 3.67. The molecule has 2 aromatic heterocycles. The van der Waals surface area contributed by atoms with Crippen LogP contribution in [0.3, 0.4) is 0 Å². The van der Waals surface area contributed by atoms with Gasteiger partial charge in [0.25, 0.3) is 0 Å². The predicted octanol–water partition coefficient (Wildman–Crippen LogP) is 1.30. The summed E-state index contributed by atoms with van der Waals surface area (Å²) in [6, 6.07) is 4.33. The lowest BCUT2D eigenvalue weighted by molar-refractivity contribution is 0.252. The zero-order valence-electron chi connectivity index (χ0n) is 12.5. The van der Waals surface area contributed by atoms with E-state index in [1.54, 1.807) is 0 Å². The molecule has 1 atom stereocenters. The predicted molar refractivity (Wildman–Crippen MR) is 80.3 cm³/mol. The lowest BCUT2D eigenvalue weighted by atomic mass is 10.1. The van der Waals surface area contributed by atoms with Gasteiger partial charge in [-0.25, -0.2) is 0 Å². The van der Waals surface area contributed by atoms with E-state index < -0.39 is 0 Å². The molecule has 2 rings (SSSR count). The number of hydrogen-bond acceptors (Lipinski definition) is 4. The van der Waals surface area contributed by atoms with Crippen molar-refractivity contribution in [2.24, 2.45) is 12.8 Å². The maximum Gasteiger partial charge on any atom is 0.0641 e. The molecule has 0 fully saturated rings. The number of pyridine rings is 1. The first kappa shape index (κ1) is 14.7. The summed E-state index contributed by atoms with van der Waals surface area (Å²) < 4.78 is 1.85. The Morgan fingerprint density at radius 2 is 2.05 bits per heavy atom. The van der Waals surface area contributed by atoms with Gasteiger partial charge in [-0.3, -0.25) is 14.6 Å². The van der Waals surface area contributed by atoms with Gasteiger partial charge in [0, 0.05) is 44.3 Å². The highest BCUT2D eigenvalue weighted by atomic mass is 15.3. The second-order valence-corrected chi connectivity index (χ2v) is 5.18. The largest absolute Gasteiger partial charge is 0.329 e. The Kier molecular flexibility index (Phi) is 4.87. The van der Waals surface area contributed by atoms with Crippen molar-refractivity contribution in [2.45, 2.75) is 19.4 Å². The van der Waals surface area contributed by atoms with Crippen molar-refractivity contribution < 1.29 is 0 Å². The third-order valence-corrected chi connectivity index (χ3v) is 3.67. The van der Waals surface area contributed by atoms with Crippen molar-refractivity contribution in [3.05, 3.63) is 47.5 Å². The smallest absolute Gasteiger partial charge is 0.0641 e. The van der Waals surface area contributed by atoms with Crippen molar-refractivity contribution in [1.82, 2.24) is 19.7 Å². The molecule has 2 aromatic rings. The highest BCUT2D eigenvalue weighted by Gasteiger charge is 2.19. The molecule has 2 heterocycles. The van der Waals surface area contributed by atoms with Crippen LogP contribution in [0.25, 0.3) is 0 Å². The average Bonchev–Trinajstić information content (AvgIpc) is 2.77. The number of rotatable bonds is 6. The number of hydrogen-bond donors (Lipinski definition) is 1. The fourth-order valence-electron chi connectivity index (χ4n) is 2.50. The second kappa shape index (κ2) is 6.63. The van der Waals surface area contributed by atoms with E-state index in [2.05, 4.69) is 40.4 Å². The van der Waals surface area contributed by atoms with E-state index in [0.29, 0.717) is 6.54 Å². The summed E-state index contributed by atoms with van der Waals surface area (Å²) in [5, 5.41) is 4.41. The number of likely N-dealkylation sites (N-methyl/N-ethyl adjacent to an activating group) is 1. The summed E-state index contributed by atoms with van der Waals surface area (Å²) >= 11 is 0. The number of nitrogens with two attached hydrogens (primary N) is 1. The Labute approximate surface area is 120 Å². The van der Waals surface area contributed by atoms with E-state index in [4.69, 9.17) is 5.73 Å². The van der Waals surface area contributed by atoms with Crippen LogP contribution in [-0.4, -0.2) is 39.8 Å². The maximum atomic E-state index is 5.96. The first-order chi connectivity index (χ1) is 9.61. The van der Waals surface area contributed by atoms with Crippen LogP contribution in [0.1, 0.15) is 22.9 Å². The zero-order valence-corrected chi connectivity index (χ0v) is 12.5. The first-order valence-corrected chi connectivity index (χ1v) is 6.91. The zero-order chi connectivity index (χ0) is 14.5. The molecule has 0 spiro atoms. The summed E-state index contributed by atoms with van der Waals surface area (Å²) in [6.45, 7) is 3.59. The minimum Gasteiger partial charge on any atom is -0.329 e. The van der Waals surface area contributed by atoms with E-state index in [1.807, 2.05) is 31.0 Å². The van der Waals surface area contributed by atoms with Crippen molar-refractivity contribution in [3.63, 3.8) is 0 Å². The molecule has 0 saturated heterocycles. The summed E-state index contributed by atoms with van der Waals surface area (Å²) in [6.07, 6.45) is 6.73. The quantitative estimate of drug-likeness (QED) is 0.862. The molecule has 0 aliphatic carbocycles. The fourth-order valence-corrected chi connectivity index (χ4v) is 2.50. The molecule has 108 valence electrons. The van der Waals surface area contributed by atoms with Gasteiger partial charge in [-0.2, -0.15) is 5.10 Å². The second-order valence-electron chi connectivity index (χ2n) is 5.18. The molecule has 5 nitrogen and oxygen atoms in total. The maximum absolute atomic E-state index is 5.96. The lowest BCUT2D eigenvalue weighted by Crippen LogP contribution is -2.32. The molecule has 1 unspecified atom stereocenters. The average molecular weight is 273 g/mol. The fraction of sp³-hybridized carbons (Fsp3) is 0.467. The van der Waals surface area contributed by atoms with E-state index in [-0.39, 0.29) is 6.04 Å². The van der Waals surface area contributed by atoms with Crippen LogP contribution in [0.15, 0.2) is 30.7 Å². The molecule has 0 amide bonds. The molecule has 0 aromatic carbocycles. The van der Waals surface area contributed by atoms with E-state index in [9.17, 15) is 0 Å². The number of aryl methyl sites for hydroxylation is 2. The highest BCUT2D eigenvalue weighted by Crippen LogP contribution is 2.21. The monoisotopic (exact) mass is 273 g/mol. The molecule has 0 saturated carbocycles. The Hall–Kier alpha value is -1.72. The Balaban J connectivity index is 2.02. The van der Waals surface area contributed by atoms with Crippen LogP contribution >= 0.6 is 0 Å². The van der Waals surface area contributed by atoms with Crippen LogP contribution in [0.5, 0.6) is 0 Å². The molecule has 5 heteroatoms. The van der Waals surface area contributed by atoms with Gasteiger partial charge in [-0.05, 0) is 38.1 Å². The SMILES string of the molecule is Cc1nn(C)cc1C(CN)N(C)CCc1ccncc1.